The van der Waals surface area contributed by atoms with E-state index in [0.29, 0.717) is 14.8 Å². The summed E-state index contributed by atoms with van der Waals surface area (Å²) < 4.78 is 25.9. The van der Waals surface area contributed by atoms with Gasteiger partial charge < -0.3 is 5.32 Å². The van der Waals surface area contributed by atoms with Crippen LogP contribution < -0.4 is 5.32 Å². The average molecular weight is 245 g/mol. The fourth-order valence-corrected chi connectivity index (χ4v) is 1.79. The van der Waals surface area contributed by atoms with Crippen LogP contribution in [0.15, 0.2) is 18.2 Å². The molecule has 0 atom stereocenters. The van der Waals surface area contributed by atoms with Gasteiger partial charge in [-0.1, -0.05) is 11.3 Å². The number of anilines is 2. The van der Waals surface area contributed by atoms with Crippen molar-refractivity contribution in [2.45, 2.75) is 0 Å². The molecule has 0 fully saturated rings. The number of nitrogens with zero attached hydrogens (tertiary/aromatic N) is 1. The molecule has 7 heteroatoms. The minimum Gasteiger partial charge on any atom is -0.330 e. The molecule has 0 aliphatic carbocycles. The number of nitrogens with one attached hydrogen (secondary N) is 2. The smallest absolute Gasteiger partial charge is 0.208 e. The number of rotatable bonds is 2. The molecule has 1 aromatic carbocycles. The summed E-state index contributed by atoms with van der Waals surface area (Å²) in [4.78, 5) is 0. The Bertz CT molecular complexity index is 535. The lowest BCUT2D eigenvalue weighted by Gasteiger charge is -2.01. The minimum absolute atomic E-state index is 0.423. The van der Waals surface area contributed by atoms with E-state index in [1.165, 1.54) is 17.4 Å². The third-order valence-electron chi connectivity index (χ3n) is 1.61. The van der Waals surface area contributed by atoms with Crippen molar-refractivity contribution < 1.29 is 8.78 Å². The molecule has 0 radical (unpaired) electrons. The van der Waals surface area contributed by atoms with Gasteiger partial charge in [0, 0.05) is 11.8 Å². The summed E-state index contributed by atoms with van der Waals surface area (Å²) in [7, 11) is 0. The van der Waals surface area contributed by atoms with E-state index in [9.17, 15) is 8.78 Å². The van der Waals surface area contributed by atoms with E-state index in [1.54, 1.807) is 0 Å². The van der Waals surface area contributed by atoms with Crippen LogP contribution in [0, 0.1) is 15.6 Å². The van der Waals surface area contributed by atoms with Gasteiger partial charge in [-0.2, -0.15) is 0 Å². The van der Waals surface area contributed by atoms with E-state index in [0.717, 1.165) is 12.1 Å². The average Bonchev–Trinajstić information content (AvgIpc) is 2.58. The Morgan fingerprint density at radius 2 is 2.13 bits per heavy atom. The molecular weight excluding hydrogens is 240 g/mol. The summed E-state index contributed by atoms with van der Waals surface area (Å²) in [5.74, 6) is -1.78. The molecule has 0 aliphatic heterocycles. The van der Waals surface area contributed by atoms with Crippen molar-refractivity contribution >= 4 is 34.4 Å². The van der Waals surface area contributed by atoms with Gasteiger partial charge in [0.25, 0.3) is 0 Å². The highest BCUT2D eigenvalue weighted by Gasteiger charge is 2.03. The van der Waals surface area contributed by atoms with E-state index in [2.05, 4.69) is 15.5 Å². The van der Waals surface area contributed by atoms with Crippen molar-refractivity contribution in [3.63, 3.8) is 0 Å². The summed E-state index contributed by atoms with van der Waals surface area (Å²) in [5, 5.41) is 9.69. The Morgan fingerprint density at radius 1 is 1.33 bits per heavy atom. The molecular formula is C8H5F2N3S2. The van der Waals surface area contributed by atoms with Gasteiger partial charge in [-0.05, 0) is 24.4 Å². The molecule has 78 valence electrons. The topological polar surface area (TPSA) is 40.7 Å². The fourth-order valence-electron chi connectivity index (χ4n) is 0.981. The Labute approximate surface area is 92.8 Å². The molecule has 15 heavy (non-hydrogen) atoms. The molecule has 0 saturated carbocycles. The molecule has 0 unspecified atom stereocenters. The molecule has 0 saturated heterocycles. The van der Waals surface area contributed by atoms with Gasteiger partial charge in [0.15, 0.2) is 15.6 Å². The van der Waals surface area contributed by atoms with Crippen molar-refractivity contribution in [1.82, 2.24) is 10.2 Å². The number of aromatic amines is 1. The second-order valence-electron chi connectivity index (χ2n) is 2.67. The largest absolute Gasteiger partial charge is 0.330 e. The molecule has 0 spiro atoms. The normalized spacial score (nSPS) is 10.3. The number of aromatic nitrogens is 2. The van der Waals surface area contributed by atoms with Crippen LogP contribution in [0.4, 0.5) is 19.6 Å². The van der Waals surface area contributed by atoms with Crippen LogP contribution in [-0.2, 0) is 0 Å². The van der Waals surface area contributed by atoms with Crippen molar-refractivity contribution in [3.8, 4) is 0 Å². The van der Waals surface area contributed by atoms with Gasteiger partial charge >= 0.3 is 0 Å². The lowest BCUT2D eigenvalue weighted by molar-refractivity contribution is 0.509. The Kier molecular flexibility index (Phi) is 2.74. The molecule has 0 aliphatic rings. The van der Waals surface area contributed by atoms with Gasteiger partial charge in [0.05, 0.1) is 0 Å². The standard InChI is InChI=1S/C8H5F2N3S2/c9-5-2-1-4(3-6(5)10)11-7-12-13-8(14)15-7/h1-3H,(H,11,12)(H,13,14). The lowest BCUT2D eigenvalue weighted by atomic mass is 10.3. The first-order chi connectivity index (χ1) is 7.15. The van der Waals surface area contributed by atoms with Gasteiger partial charge in [0.2, 0.25) is 5.13 Å². The van der Waals surface area contributed by atoms with E-state index in [4.69, 9.17) is 12.2 Å². The predicted octanol–water partition coefficient (Wildman–Crippen LogP) is 3.22. The molecule has 2 rings (SSSR count). The van der Waals surface area contributed by atoms with Crippen LogP contribution in [0.2, 0.25) is 0 Å². The van der Waals surface area contributed by atoms with Crippen LogP contribution in [-0.4, -0.2) is 10.2 Å². The molecule has 2 N–H and O–H groups in total. The monoisotopic (exact) mass is 245 g/mol. The molecule has 1 heterocycles. The van der Waals surface area contributed by atoms with E-state index < -0.39 is 11.6 Å². The van der Waals surface area contributed by atoms with Gasteiger partial charge in [-0.3, -0.25) is 5.10 Å². The first kappa shape index (κ1) is 10.2. The summed E-state index contributed by atoms with van der Waals surface area (Å²) in [6.07, 6.45) is 0. The maximum atomic E-state index is 12.8. The minimum atomic E-state index is -0.904. The summed E-state index contributed by atoms with van der Waals surface area (Å²) in [5.41, 5.74) is 0.423. The van der Waals surface area contributed by atoms with Gasteiger partial charge in [-0.25, -0.2) is 8.78 Å². The van der Waals surface area contributed by atoms with Crippen molar-refractivity contribution in [2.24, 2.45) is 0 Å². The fraction of sp³-hybridized carbons (Fsp3) is 0. The predicted molar refractivity (Wildman–Crippen MR) is 56.9 cm³/mol. The zero-order valence-electron chi connectivity index (χ0n) is 7.25. The van der Waals surface area contributed by atoms with E-state index in [-0.39, 0.29) is 0 Å². The van der Waals surface area contributed by atoms with Gasteiger partial charge in [0.1, 0.15) is 0 Å². The van der Waals surface area contributed by atoms with E-state index >= 15 is 0 Å². The zero-order chi connectivity index (χ0) is 10.8. The van der Waals surface area contributed by atoms with Crippen LogP contribution in [0.25, 0.3) is 0 Å². The Morgan fingerprint density at radius 3 is 2.73 bits per heavy atom. The highest BCUT2D eigenvalue weighted by Crippen LogP contribution is 2.20. The maximum absolute atomic E-state index is 12.8. The lowest BCUT2D eigenvalue weighted by Crippen LogP contribution is -1.92. The van der Waals surface area contributed by atoms with Crippen LogP contribution in [0.5, 0.6) is 0 Å². The molecule has 1 aromatic heterocycles. The number of hydrogen-bond donors (Lipinski definition) is 2. The Hall–Kier alpha value is -1.34. The number of hydrogen-bond acceptors (Lipinski definition) is 4. The highest BCUT2D eigenvalue weighted by molar-refractivity contribution is 7.73. The maximum Gasteiger partial charge on any atom is 0.208 e. The van der Waals surface area contributed by atoms with Crippen molar-refractivity contribution in [2.75, 3.05) is 5.32 Å². The quantitative estimate of drug-likeness (QED) is 0.798. The second kappa shape index (κ2) is 4.03. The highest BCUT2D eigenvalue weighted by atomic mass is 32.1. The molecule has 0 amide bonds. The molecule has 0 bridgehead atoms. The SMILES string of the molecule is Fc1ccc(Nc2n[nH]c(=S)s2)cc1F. The summed E-state index contributed by atoms with van der Waals surface area (Å²) >= 11 is 6.04. The third kappa shape index (κ3) is 2.37. The first-order valence-electron chi connectivity index (χ1n) is 3.93. The van der Waals surface area contributed by atoms with Crippen LogP contribution >= 0.6 is 23.6 Å². The van der Waals surface area contributed by atoms with Crippen molar-refractivity contribution in [1.29, 1.82) is 0 Å². The Balaban J connectivity index is 2.24. The number of benzene rings is 1. The van der Waals surface area contributed by atoms with Crippen LogP contribution in [0.3, 0.4) is 0 Å². The summed E-state index contributed by atoms with van der Waals surface area (Å²) in [6.45, 7) is 0. The first-order valence-corrected chi connectivity index (χ1v) is 5.15. The number of halogens is 2. The molecule has 2 aromatic rings. The number of H-pyrrole nitrogens is 1. The summed E-state index contributed by atoms with van der Waals surface area (Å²) in [6, 6.07) is 3.52. The molecule has 3 nitrogen and oxygen atoms in total. The van der Waals surface area contributed by atoms with Crippen LogP contribution in [0.1, 0.15) is 0 Å². The second-order valence-corrected chi connectivity index (χ2v) is 4.34. The van der Waals surface area contributed by atoms with E-state index in [1.807, 2.05) is 0 Å². The third-order valence-corrected chi connectivity index (χ3v) is 2.61. The van der Waals surface area contributed by atoms with Crippen molar-refractivity contribution in [3.05, 3.63) is 33.8 Å². The zero-order valence-corrected chi connectivity index (χ0v) is 8.88. The van der Waals surface area contributed by atoms with Gasteiger partial charge in [-0.15, -0.1) is 5.10 Å².